The number of piperazine rings is 1. The fraction of sp³-hybridized carbons (Fsp3) is 0.684. The molecule has 0 saturated carbocycles. The van der Waals surface area contributed by atoms with Crippen LogP contribution in [-0.4, -0.2) is 68.9 Å². The first kappa shape index (κ1) is 22.2. The molecule has 0 aliphatic carbocycles. The molecule has 1 aliphatic rings. The molecule has 1 fully saturated rings. The van der Waals surface area contributed by atoms with E-state index in [1.165, 1.54) is 0 Å². The van der Waals surface area contributed by atoms with E-state index in [0.717, 1.165) is 26.1 Å². The number of ether oxygens (including phenoxy) is 3. The minimum absolute atomic E-state index is 0.0415. The number of carbonyl (C=O) groups is 2. The van der Waals surface area contributed by atoms with Crippen molar-refractivity contribution in [1.82, 2.24) is 10.2 Å². The smallest absolute Gasteiger partial charge is 0.307 e. The van der Waals surface area contributed by atoms with Gasteiger partial charge in [0.25, 0.3) is 0 Å². The number of nitrogens with zero attached hydrogens (tertiary/aromatic N) is 1. The Balaban J connectivity index is 2.60. The Hall–Kier alpha value is -1.86. The number of allylic oxidation sites excluding steroid dienone is 1. The van der Waals surface area contributed by atoms with Crippen LogP contribution in [0.25, 0.3) is 0 Å². The summed E-state index contributed by atoms with van der Waals surface area (Å²) in [7, 11) is 1.59. The van der Waals surface area contributed by atoms with E-state index in [4.69, 9.17) is 14.2 Å². The number of methoxy groups -OCH3 is 1. The summed E-state index contributed by atoms with van der Waals surface area (Å²) in [5.41, 5.74) is 0. The summed E-state index contributed by atoms with van der Waals surface area (Å²) < 4.78 is 15.1. The first-order chi connectivity index (χ1) is 12.5. The Morgan fingerprint density at radius 2 is 1.65 bits per heavy atom. The molecule has 2 unspecified atom stereocenters. The molecule has 26 heavy (non-hydrogen) atoms. The van der Waals surface area contributed by atoms with Crippen molar-refractivity contribution >= 4 is 11.9 Å². The highest BCUT2D eigenvalue weighted by Crippen LogP contribution is 2.12. The second-order valence-corrected chi connectivity index (χ2v) is 6.20. The Kier molecular flexibility index (Phi) is 10.7. The summed E-state index contributed by atoms with van der Waals surface area (Å²) >= 11 is 0. The molecule has 1 N–H and O–H groups in total. The van der Waals surface area contributed by atoms with Gasteiger partial charge in [0.05, 0.1) is 33.2 Å². The molecule has 1 rings (SSSR count). The van der Waals surface area contributed by atoms with Gasteiger partial charge in [-0.05, 0) is 26.3 Å². The topological polar surface area (TPSA) is 77.1 Å². The van der Waals surface area contributed by atoms with Gasteiger partial charge in [0.2, 0.25) is 0 Å². The molecule has 7 heteroatoms. The van der Waals surface area contributed by atoms with E-state index in [1.807, 2.05) is 12.2 Å². The molecule has 0 radical (unpaired) electrons. The second kappa shape index (κ2) is 12.5. The summed E-state index contributed by atoms with van der Waals surface area (Å²) in [5.74, 6) is 0.168. The Morgan fingerprint density at radius 1 is 1.12 bits per heavy atom. The minimum atomic E-state index is -0.224. The van der Waals surface area contributed by atoms with Gasteiger partial charge in [-0.25, -0.2) is 0 Å². The molecule has 7 nitrogen and oxygen atoms in total. The van der Waals surface area contributed by atoms with Crippen LogP contribution in [-0.2, 0) is 23.8 Å². The molecule has 1 heterocycles. The molecular formula is C19H32N2O5. The van der Waals surface area contributed by atoms with Crippen LogP contribution < -0.4 is 5.32 Å². The third-order valence-corrected chi connectivity index (χ3v) is 4.04. The van der Waals surface area contributed by atoms with E-state index >= 15 is 0 Å². The maximum Gasteiger partial charge on any atom is 0.307 e. The standard InChI is InChI=1S/C19H32N2O5/c1-5-25-18(22)11-16-13-21(10-8-7-9-15(3)24-4)14-17(20-16)12-19(23)26-6-2/h7,9,16-17,20H,3,5-6,8,10-14H2,1-2,4H3/b9-7-. The van der Waals surface area contributed by atoms with E-state index in [0.29, 0.717) is 31.8 Å². The van der Waals surface area contributed by atoms with Crippen molar-refractivity contribution in [2.24, 2.45) is 0 Å². The zero-order valence-corrected chi connectivity index (χ0v) is 16.2. The molecule has 2 atom stereocenters. The van der Waals surface area contributed by atoms with Crippen LogP contribution in [0.2, 0.25) is 0 Å². The van der Waals surface area contributed by atoms with Gasteiger partial charge in [-0.3, -0.25) is 14.5 Å². The summed E-state index contributed by atoms with van der Waals surface area (Å²) in [6.07, 6.45) is 5.27. The molecular weight excluding hydrogens is 336 g/mol. The molecule has 148 valence electrons. The van der Waals surface area contributed by atoms with Crippen LogP contribution in [0.5, 0.6) is 0 Å². The molecule has 0 bridgehead atoms. The average Bonchev–Trinajstić information content (AvgIpc) is 2.58. The zero-order chi connectivity index (χ0) is 19.4. The van der Waals surface area contributed by atoms with Crippen LogP contribution in [0.3, 0.4) is 0 Å². The number of carbonyl (C=O) groups excluding carboxylic acids is 2. The molecule has 0 amide bonds. The molecule has 1 aliphatic heterocycles. The fourth-order valence-corrected chi connectivity index (χ4v) is 2.95. The van der Waals surface area contributed by atoms with E-state index in [1.54, 1.807) is 21.0 Å². The fourth-order valence-electron chi connectivity index (χ4n) is 2.95. The number of hydrogen-bond acceptors (Lipinski definition) is 7. The maximum absolute atomic E-state index is 11.8. The lowest BCUT2D eigenvalue weighted by Gasteiger charge is -2.38. The minimum Gasteiger partial charge on any atom is -0.497 e. The molecule has 0 aromatic heterocycles. The highest BCUT2D eigenvalue weighted by atomic mass is 16.5. The molecule has 0 aromatic carbocycles. The van der Waals surface area contributed by atoms with Crippen molar-refractivity contribution in [3.63, 3.8) is 0 Å². The van der Waals surface area contributed by atoms with Crippen LogP contribution in [0.15, 0.2) is 24.5 Å². The van der Waals surface area contributed by atoms with Crippen molar-refractivity contribution in [3.8, 4) is 0 Å². The highest BCUT2D eigenvalue weighted by molar-refractivity contribution is 5.71. The Labute approximate surface area is 156 Å². The monoisotopic (exact) mass is 368 g/mol. The van der Waals surface area contributed by atoms with Gasteiger partial charge in [-0.2, -0.15) is 0 Å². The van der Waals surface area contributed by atoms with Crippen molar-refractivity contribution in [2.45, 2.75) is 45.2 Å². The quantitative estimate of drug-likeness (QED) is 0.337. The van der Waals surface area contributed by atoms with Gasteiger partial charge in [0.1, 0.15) is 5.76 Å². The van der Waals surface area contributed by atoms with Gasteiger partial charge >= 0.3 is 11.9 Å². The summed E-state index contributed by atoms with van der Waals surface area (Å²) in [6, 6.07) is -0.0831. The largest absolute Gasteiger partial charge is 0.497 e. The van der Waals surface area contributed by atoms with Gasteiger partial charge < -0.3 is 19.5 Å². The van der Waals surface area contributed by atoms with Gasteiger partial charge in [0.15, 0.2) is 0 Å². The van der Waals surface area contributed by atoms with Gasteiger partial charge in [-0.1, -0.05) is 12.7 Å². The van der Waals surface area contributed by atoms with Crippen LogP contribution in [0.4, 0.5) is 0 Å². The molecule has 1 saturated heterocycles. The maximum atomic E-state index is 11.8. The summed E-state index contributed by atoms with van der Waals surface area (Å²) in [4.78, 5) is 25.9. The third-order valence-electron chi connectivity index (χ3n) is 4.04. The lowest BCUT2D eigenvalue weighted by atomic mass is 10.0. The lowest BCUT2D eigenvalue weighted by molar-refractivity contribution is -0.144. The zero-order valence-electron chi connectivity index (χ0n) is 16.2. The Bertz CT molecular complexity index is 464. The second-order valence-electron chi connectivity index (χ2n) is 6.20. The SMILES string of the molecule is C=C(/C=C\CCN1CC(CC(=O)OCC)NC(CC(=O)OCC)C1)OC. The van der Waals surface area contributed by atoms with Crippen LogP contribution >= 0.6 is 0 Å². The third kappa shape index (κ3) is 9.01. The normalized spacial score (nSPS) is 20.7. The van der Waals surface area contributed by atoms with E-state index in [-0.39, 0.29) is 24.0 Å². The number of hydrogen-bond donors (Lipinski definition) is 1. The van der Waals surface area contributed by atoms with E-state index in [2.05, 4.69) is 16.8 Å². The number of rotatable bonds is 11. The van der Waals surface area contributed by atoms with Crippen LogP contribution in [0, 0.1) is 0 Å². The van der Waals surface area contributed by atoms with Crippen molar-refractivity contribution < 1.29 is 23.8 Å². The molecule has 0 aromatic rings. The first-order valence-corrected chi connectivity index (χ1v) is 9.17. The van der Waals surface area contributed by atoms with Crippen molar-refractivity contribution in [1.29, 1.82) is 0 Å². The van der Waals surface area contributed by atoms with Gasteiger partial charge in [-0.15, -0.1) is 0 Å². The van der Waals surface area contributed by atoms with Crippen molar-refractivity contribution in [3.05, 3.63) is 24.5 Å². The summed E-state index contributed by atoms with van der Waals surface area (Å²) in [5, 5.41) is 3.38. The van der Waals surface area contributed by atoms with E-state index in [9.17, 15) is 9.59 Å². The first-order valence-electron chi connectivity index (χ1n) is 9.17. The number of esters is 2. The van der Waals surface area contributed by atoms with Crippen molar-refractivity contribution in [2.75, 3.05) is 40.0 Å². The predicted molar refractivity (Wildman–Crippen MR) is 99.6 cm³/mol. The highest BCUT2D eigenvalue weighted by Gasteiger charge is 2.29. The molecule has 0 spiro atoms. The predicted octanol–water partition coefficient (Wildman–Crippen LogP) is 1.64. The average molecular weight is 368 g/mol. The number of nitrogens with one attached hydrogen (secondary N) is 1. The van der Waals surface area contributed by atoms with Crippen LogP contribution in [0.1, 0.15) is 33.1 Å². The lowest BCUT2D eigenvalue weighted by Crippen LogP contribution is -2.57. The summed E-state index contributed by atoms with van der Waals surface area (Å²) in [6.45, 7) is 10.4. The van der Waals surface area contributed by atoms with E-state index < -0.39 is 0 Å². The Morgan fingerprint density at radius 3 is 2.12 bits per heavy atom. The van der Waals surface area contributed by atoms with Gasteiger partial charge in [0, 0.05) is 31.7 Å².